The van der Waals surface area contributed by atoms with Gasteiger partial charge in [-0.25, -0.2) is 8.42 Å². The highest BCUT2D eigenvalue weighted by molar-refractivity contribution is 7.91. The Morgan fingerprint density at radius 3 is 2.14 bits per heavy atom. The number of hydrogen-bond donors (Lipinski definition) is 3. The molecular weight excluding hydrogens is 329 g/mol. The van der Waals surface area contributed by atoms with Gasteiger partial charge in [-0.15, -0.1) is 0 Å². The molecule has 21 heavy (non-hydrogen) atoms. The highest BCUT2D eigenvalue weighted by atomic mass is 32.2. The number of alkyl halides is 5. The fourth-order valence-electron chi connectivity index (χ4n) is 1.21. The van der Waals surface area contributed by atoms with Crippen LogP contribution in [-0.4, -0.2) is 67.4 Å². The van der Waals surface area contributed by atoms with Crippen molar-refractivity contribution in [3.05, 3.63) is 0 Å². The van der Waals surface area contributed by atoms with Gasteiger partial charge < -0.3 is 15.5 Å². The zero-order valence-electron chi connectivity index (χ0n) is 10.5. The van der Waals surface area contributed by atoms with Gasteiger partial charge in [0.2, 0.25) is 0 Å². The van der Waals surface area contributed by atoms with E-state index < -0.39 is 65.0 Å². The van der Waals surface area contributed by atoms with Gasteiger partial charge in [0.1, 0.15) is 0 Å². The Kier molecular flexibility index (Phi) is 6.96. The largest absolute Gasteiger partial charge is 0.480 e. The lowest BCUT2D eigenvalue weighted by atomic mass is 10.2. The molecule has 0 spiro atoms. The summed E-state index contributed by atoms with van der Waals surface area (Å²) in [6, 6.07) is 0. The molecule has 0 aromatic heterocycles. The molecule has 0 aliphatic carbocycles. The van der Waals surface area contributed by atoms with Crippen molar-refractivity contribution < 1.29 is 45.4 Å². The van der Waals surface area contributed by atoms with Gasteiger partial charge in [0.05, 0.1) is 24.2 Å². The van der Waals surface area contributed by atoms with Crippen LogP contribution in [0.2, 0.25) is 0 Å². The van der Waals surface area contributed by atoms with Gasteiger partial charge in [-0.3, -0.25) is 4.79 Å². The van der Waals surface area contributed by atoms with Crippen LogP contribution < -0.4 is 5.32 Å². The smallest absolute Gasteiger partial charge is 0.453 e. The van der Waals surface area contributed by atoms with Crippen molar-refractivity contribution in [2.45, 2.75) is 24.6 Å². The van der Waals surface area contributed by atoms with E-state index >= 15 is 0 Å². The van der Waals surface area contributed by atoms with Crippen LogP contribution in [0, 0.1) is 0 Å². The first-order valence-corrected chi connectivity index (χ1v) is 7.34. The Morgan fingerprint density at radius 2 is 1.71 bits per heavy atom. The van der Waals surface area contributed by atoms with Crippen molar-refractivity contribution in [2.24, 2.45) is 0 Å². The van der Waals surface area contributed by atoms with Crippen LogP contribution in [0.5, 0.6) is 0 Å². The Bertz CT molecular complexity index is 450. The van der Waals surface area contributed by atoms with Crippen molar-refractivity contribution in [3.8, 4) is 0 Å². The highest BCUT2D eigenvalue weighted by Gasteiger charge is 2.57. The van der Waals surface area contributed by atoms with Crippen molar-refractivity contribution in [3.63, 3.8) is 0 Å². The zero-order chi connectivity index (χ0) is 16.9. The van der Waals surface area contributed by atoms with E-state index in [2.05, 4.69) is 5.32 Å². The van der Waals surface area contributed by atoms with E-state index in [1.807, 2.05) is 0 Å². The van der Waals surface area contributed by atoms with E-state index in [1.165, 1.54) is 0 Å². The molecule has 12 heteroatoms. The van der Waals surface area contributed by atoms with Crippen LogP contribution in [0.4, 0.5) is 22.0 Å². The average molecular weight is 343 g/mol. The Morgan fingerprint density at radius 1 is 1.19 bits per heavy atom. The summed E-state index contributed by atoms with van der Waals surface area (Å²) in [6.07, 6.45) is -9.40. The number of aliphatic hydroxyl groups is 1. The number of halogens is 5. The van der Waals surface area contributed by atoms with E-state index in [0.717, 1.165) is 0 Å². The predicted octanol–water partition coefficient (Wildman–Crippen LogP) is 0.0240. The topological polar surface area (TPSA) is 104 Å². The summed E-state index contributed by atoms with van der Waals surface area (Å²) in [6.45, 7) is -1.02. The number of sulfone groups is 1. The molecule has 0 heterocycles. The molecule has 1 atom stereocenters. The second kappa shape index (κ2) is 7.31. The Hall–Kier alpha value is -1.01. The number of rotatable bonds is 9. The van der Waals surface area contributed by atoms with Gasteiger partial charge in [0.15, 0.2) is 9.84 Å². The van der Waals surface area contributed by atoms with Gasteiger partial charge >= 0.3 is 18.1 Å². The summed E-state index contributed by atoms with van der Waals surface area (Å²) in [5.41, 5.74) is 0. The molecule has 0 aliphatic rings. The first-order valence-electron chi connectivity index (χ1n) is 5.52. The first-order chi connectivity index (χ1) is 9.27. The van der Waals surface area contributed by atoms with Crippen LogP contribution >= 0.6 is 0 Å². The number of nitrogens with one attached hydrogen (secondary N) is 1. The maximum Gasteiger partial charge on any atom is 0.453 e. The highest BCUT2D eigenvalue weighted by Crippen LogP contribution is 2.38. The lowest BCUT2D eigenvalue weighted by molar-refractivity contribution is -0.282. The lowest BCUT2D eigenvalue weighted by Crippen LogP contribution is -2.40. The fraction of sp³-hybridized carbons (Fsp3) is 0.889. The maximum absolute atomic E-state index is 12.6. The summed E-state index contributed by atoms with van der Waals surface area (Å²) in [5.74, 6) is -8.90. The third kappa shape index (κ3) is 8.12. The van der Waals surface area contributed by atoms with E-state index in [1.54, 1.807) is 0 Å². The van der Waals surface area contributed by atoms with Crippen LogP contribution in [-0.2, 0) is 14.6 Å². The van der Waals surface area contributed by atoms with Gasteiger partial charge in [-0.2, -0.15) is 22.0 Å². The number of carboxylic acid groups (broad SMARTS) is 1. The molecule has 0 rings (SSSR count). The predicted molar refractivity (Wildman–Crippen MR) is 60.8 cm³/mol. The molecule has 0 aliphatic heterocycles. The van der Waals surface area contributed by atoms with E-state index in [0.29, 0.717) is 0 Å². The van der Waals surface area contributed by atoms with Gasteiger partial charge in [-0.1, -0.05) is 0 Å². The molecule has 0 radical (unpaired) electrons. The number of carbonyl (C=O) groups is 1. The third-order valence-corrected chi connectivity index (χ3v) is 3.96. The van der Waals surface area contributed by atoms with Crippen LogP contribution in [0.15, 0.2) is 0 Å². The number of aliphatic carboxylic acids is 1. The third-order valence-electron chi connectivity index (χ3n) is 2.24. The molecule has 126 valence electrons. The molecule has 3 N–H and O–H groups in total. The van der Waals surface area contributed by atoms with Crippen LogP contribution in [0.3, 0.4) is 0 Å². The zero-order valence-corrected chi connectivity index (χ0v) is 11.3. The van der Waals surface area contributed by atoms with Gasteiger partial charge in [-0.05, 0) is 0 Å². The van der Waals surface area contributed by atoms with Crippen LogP contribution in [0.25, 0.3) is 0 Å². The maximum atomic E-state index is 12.6. The summed E-state index contributed by atoms with van der Waals surface area (Å²) in [5, 5.41) is 19.7. The standard InChI is InChI=1S/C9H14F5NO5S/c10-8(11,9(12,13)14)1-2-21(19,20)5-6(16)3-15-4-7(17)18/h6,15-16H,1-5H2,(H,17,18). The molecule has 0 aromatic rings. The first kappa shape index (κ1) is 20.0. The molecule has 0 saturated heterocycles. The Labute approximate surface area is 116 Å². The van der Waals surface area contributed by atoms with E-state index in [9.17, 15) is 40.3 Å². The molecule has 6 nitrogen and oxygen atoms in total. The molecule has 0 bridgehead atoms. The van der Waals surface area contributed by atoms with Gasteiger partial charge in [0.25, 0.3) is 0 Å². The van der Waals surface area contributed by atoms with Crippen molar-refractivity contribution in [1.29, 1.82) is 0 Å². The minimum Gasteiger partial charge on any atom is -0.480 e. The van der Waals surface area contributed by atoms with Crippen molar-refractivity contribution >= 4 is 15.8 Å². The lowest BCUT2D eigenvalue weighted by Gasteiger charge is -2.19. The molecule has 0 amide bonds. The van der Waals surface area contributed by atoms with E-state index in [-0.39, 0.29) is 0 Å². The molecule has 1 unspecified atom stereocenters. The summed E-state index contributed by atoms with van der Waals surface area (Å²) >= 11 is 0. The minimum absolute atomic E-state index is 0.457. The summed E-state index contributed by atoms with van der Waals surface area (Å²) < 4.78 is 83.3. The molecule has 0 saturated carbocycles. The fourth-order valence-corrected chi connectivity index (χ4v) is 2.64. The minimum atomic E-state index is -5.84. The van der Waals surface area contributed by atoms with Gasteiger partial charge in [0, 0.05) is 13.0 Å². The number of hydrogen-bond acceptors (Lipinski definition) is 5. The quantitative estimate of drug-likeness (QED) is 0.510. The summed E-state index contributed by atoms with van der Waals surface area (Å²) in [7, 11) is -4.34. The average Bonchev–Trinajstić information content (AvgIpc) is 2.24. The molecular formula is C9H14F5NO5S. The number of carboxylic acids is 1. The molecule has 0 fully saturated rings. The second-order valence-corrected chi connectivity index (χ2v) is 6.47. The van der Waals surface area contributed by atoms with E-state index in [4.69, 9.17) is 5.11 Å². The SMILES string of the molecule is O=C(O)CNCC(O)CS(=O)(=O)CCC(F)(F)C(F)(F)F. The van der Waals surface area contributed by atoms with Crippen molar-refractivity contribution in [2.75, 3.05) is 24.6 Å². The summed E-state index contributed by atoms with van der Waals surface area (Å²) in [4.78, 5) is 10.1. The second-order valence-electron chi connectivity index (χ2n) is 4.25. The Balaban J connectivity index is 4.35. The number of aliphatic hydroxyl groups excluding tert-OH is 1. The monoisotopic (exact) mass is 343 g/mol. The normalized spacial score (nSPS) is 15.0. The van der Waals surface area contributed by atoms with Crippen LogP contribution in [0.1, 0.15) is 6.42 Å². The van der Waals surface area contributed by atoms with Crippen molar-refractivity contribution in [1.82, 2.24) is 5.32 Å². The molecule has 0 aromatic carbocycles.